The van der Waals surface area contributed by atoms with Gasteiger partial charge in [-0.15, -0.1) is 5.16 Å². The number of nitrogens with zero attached hydrogens (tertiary/aromatic N) is 1. The number of allylic oxidation sites excluding steroid dienone is 1. The second-order valence-electron chi connectivity index (χ2n) is 14.5. The number of aliphatic hydroxyl groups is 1. The summed E-state index contributed by atoms with van der Waals surface area (Å²) in [5.41, 5.74) is 0.809. The number of fused-ring (bicyclic) bond motifs is 7. The normalized spacial score (nSPS) is 54.2. The van der Waals surface area contributed by atoms with Gasteiger partial charge in [-0.1, -0.05) is 39.8 Å². The number of hydrogen-bond acceptors (Lipinski definition) is 5. The Morgan fingerprint density at radius 2 is 1.67 bits per heavy atom. The van der Waals surface area contributed by atoms with Gasteiger partial charge in [-0.3, -0.25) is 4.79 Å². The van der Waals surface area contributed by atoms with E-state index in [0.29, 0.717) is 29.6 Å². The minimum Gasteiger partial charge on any atom is -0.469 e. The summed E-state index contributed by atoms with van der Waals surface area (Å²) in [5, 5.41) is 24.0. The van der Waals surface area contributed by atoms with Crippen LogP contribution < -0.4 is 0 Å². The molecule has 0 radical (unpaired) electrons. The van der Waals surface area contributed by atoms with E-state index in [1.54, 1.807) is 13.3 Å². The average molecular weight is 500 g/mol. The Hall–Kier alpha value is -1.36. The molecule has 0 amide bonds. The second kappa shape index (κ2) is 8.32. The Balaban J connectivity index is 1.56. The van der Waals surface area contributed by atoms with E-state index in [9.17, 15) is 15.1 Å². The number of hydrogen-bond donors (Lipinski definition) is 2. The predicted molar refractivity (Wildman–Crippen MR) is 142 cm³/mol. The summed E-state index contributed by atoms with van der Waals surface area (Å²) in [4.78, 5) is 13.4. The van der Waals surface area contributed by atoms with Gasteiger partial charge in [0.2, 0.25) is 0 Å². The third kappa shape index (κ3) is 3.04. The van der Waals surface area contributed by atoms with Crippen molar-refractivity contribution in [2.45, 2.75) is 105 Å². The van der Waals surface area contributed by atoms with Crippen LogP contribution in [0.5, 0.6) is 0 Å². The van der Waals surface area contributed by atoms with Gasteiger partial charge in [0.1, 0.15) is 0 Å². The van der Waals surface area contributed by atoms with Crippen molar-refractivity contribution in [2.75, 3.05) is 7.11 Å². The molecule has 5 fully saturated rings. The van der Waals surface area contributed by atoms with Crippen LogP contribution in [0.15, 0.2) is 17.3 Å². The number of aliphatic hydroxyl groups excluding tert-OH is 1. The number of oxime groups is 1. The predicted octanol–water partition coefficient (Wildman–Crippen LogP) is 6.62. The van der Waals surface area contributed by atoms with E-state index in [1.165, 1.54) is 12.0 Å². The molecule has 5 aliphatic carbocycles. The highest BCUT2D eigenvalue weighted by Crippen LogP contribution is 2.77. The molecule has 0 heterocycles. The average Bonchev–Trinajstić information content (AvgIpc) is 3.23. The van der Waals surface area contributed by atoms with Gasteiger partial charge in [-0.2, -0.15) is 0 Å². The molecular weight excluding hydrogens is 450 g/mol. The fourth-order valence-electron chi connectivity index (χ4n) is 11.7. The van der Waals surface area contributed by atoms with E-state index < -0.39 is 11.5 Å². The highest BCUT2D eigenvalue weighted by molar-refractivity contribution is 5.78. The lowest BCUT2D eigenvalue weighted by molar-refractivity contribution is -0.242. The number of methoxy groups -OCH3 is 1. The van der Waals surface area contributed by atoms with Crippen molar-refractivity contribution >= 4 is 12.2 Å². The fourth-order valence-corrected chi connectivity index (χ4v) is 11.7. The van der Waals surface area contributed by atoms with Crippen LogP contribution in [0.3, 0.4) is 0 Å². The highest BCUT2D eigenvalue weighted by Gasteiger charge is 2.72. The highest BCUT2D eigenvalue weighted by atomic mass is 16.5. The summed E-state index contributed by atoms with van der Waals surface area (Å²) in [7, 11) is 1.57. The van der Waals surface area contributed by atoms with E-state index in [2.05, 4.69) is 46.4 Å². The number of ether oxygens (including phenoxy) is 1. The van der Waals surface area contributed by atoms with Crippen molar-refractivity contribution in [3.05, 3.63) is 12.2 Å². The number of rotatable bonds is 3. The molecule has 2 N–H and O–H groups in total. The van der Waals surface area contributed by atoms with Crippen LogP contribution in [0.4, 0.5) is 0 Å². The SMILES string of the molecule is C=C(C)[C@@H]1CC[C@]2(C(=O)OC)CC[C@]3(C)C(CC[C@@H]4[C@@]5(C)CCC(O)[C@@](C)(/C=N/O)[C@@H]5CC[C@]43C)[C@@H]12. The lowest BCUT2D eigenvalue weighted by Gasteiger charge is -2.72. The summed E-state index contributed by atoms with van der Waals surface area (Å²) in [6.45, 7) is 16.3. The van der Waals surface area contributed by atoms with E-state index in [0.717, 1.165) is 57.8 Å². The van der Waals surface area contributed by atoms with Crippen molar-refractivity contribution in [1.82, 2.24) is 0 Å². The minimum absolute atomic E-state index is 0.0153. The van der Waals surface area contributed by atoms with Crippen LogP contribution in [0, 0.1) is 56.7 Å². The molecule has 0 bridgehead atoms. The first-order valence-corrected chi connectivity index (χ1v) is 14.5. The smallest absolute Gasteiger partial charge is 0.312 e. The standard InChI is InChI=1S/C31H49NO4/c1-19(2)20-10-15-31(26(34)36-7)17-16-29(5)21(25(20)31)8-9-23-27(3)13-12-24(33)28(4,18-32-35)22(27)11-14-30(23,29)6/h18,20-25,33,35H,1,8-17H2,2-7H3/b32-18+/t20-,21?,22+,23+,24?,25+,27-,28-,29+,30+,31-/m0/s1. The Labute approximate surface area is 218 Å². The zero-order valence-electron chi connectivity index (χ0n) is 23.5. The molecule has 0 aromatic heterocycles. The third-order valence-electron chi connectivity index (χ3n) is 13.7. The maximum absolute atomic E-state index is 13.4. The van der Waals surface area contributed by atoms with E-state index in [4.69, 9.17) is 4.74 Å². The molecule has 0 aromatic rings. The molecule has 0 saturated heterocycles. The summed E-state index contributed by atoms with van der Waals surface area (Å²) < 4.78 is 5.48. The molecule has 36 heavy (non-hydrogen) atoms. The summed E-state index contributed by atoms with van der Waals surface area (Å²) in [6.07, 6.45) is 11.4. The lowest BCUT2D eigenvalue weighted by Crippen LogP contribution is -2.67. The van der Waals surface area contributed by atoms with Gasteiger partial charge in [-0.05, 0) is 117 Å². The van der Waals surface area contributed by atoms with E-state index in [1.807, 2.05) is 0 Å². The monoisotopic (exact) mass is 499 g/mol. The van der Waals surface area contributed by atoms with Crippen LogP contribution in [-0.4, -0.2) is 35.7 Å². The molecular formula is C31H49NO4. The van der Waals surface area contributed by atoms with Gasteiger partial charge >= 0.3 is 5.97 Å². The first kappa shape index (κ1) is 26.3. The Morgan fingerprint density at radius 3 is 2.31 bits per heavy atom. The Morgan fingerprint density at radius 1 is 0.944 bits per heavy atom. The van der Waals surface area contributed by atoms with Gasteiger partial charge in [0, 0.05) is 5.41 Å². The van der Waals surface area contributed by atoms with Crippen LogP contribution in [-0.2, 0) is 9.53 Å². The maximum Gasteiger partial charge on any atom is 0.312 e. The summed E-state index contributed by atoms with van der Waals surface area (Å²) in [6, 6.07) is 0. The molecule has 5 rings (SSSR count). The van der Waals surface area contributed by atoms with Crippen molar-refractivity contribution < 1.29 is 19.8 Å². The first-order chi connectivity index (χ1) is 16.9. The molecule has 5 heteroatoms. The summed E-state index contributed by atoms with van der Waals surface area (Å²) in [5.74, 6) is 2.09. The molecule has 0 aliphatic heterocycles. The Kier molecular flexibility index (Phi) is 6.07. The minimum atomic E-state index is -0.496. The topological polar surface area (TPSA) is 79.1 Å². The molecule has 0 spiro atoms. The molecule has 2 unspecified atom stereocenters. The van der Waals surface area contributed by atoms with Crippen LogP contribution >= 0.6 is 0 Å². The molecule has 5 saturated carbocycles. The maximum atomic E-state index is 13.4. The molecule has 5 aliphatic rings. The van der Waals surface area contributed by atoms with Crippen LogP contribution in [0.2, 0.25) is 0 Å². The van der Waals surface area contributed by atoms with Gasteiger partial charge in [0.15, 0.2) is 0 Å². The van der Waals surface area contributed by atoms with Gasteiger partial charge < -0.3 is 15.1 Å². The lowest BCUT2D eigenvalue weighted by atomic mass is 9.32. The van der Waals surface area contributed by atoms with Gasteiger partial charge in [0.05, 0.1) is 24.8 Å². The third-order valence-corrected chi connectivity index (χ3v) is 13.7. The van der Waals surface area contributed by atoms with E-state index >= 15 is 0 Å². The van der Waals surface area contributed by atoms with Crippen molar-refractivity contribution in [2.24, 2.45) is 61.8 Å². The van der Waals surface area contributed by atoms with Crippen LogP contribution in [0.1, 0.15) is 98.8 Å². The van der Waals surface area contributed by atoms with Crippen molar-refractivity contribution in [3.8, 4) is 0 Å². The van der Waals surface area contributed by atoms with Crippen LogP contribution in [0.25, 0.3) is 0 Å². The number of esters is 1. The molecule has 202 valence electrons. The Bertz CT molecular complexity index is 962. The fraction of sp³-hybridized carbons (Fsp3) is 0.871. The molecule has 0 aromatic carbocycles. The largest absolute Gasteiger partial charge is 0.469 e. The summed E-state index contributed by atoms with van der Waals surface area (Å²) >= 11 is 0. The second-order valence-corrected chi connectivity index (χ2v) is 14.5. The zero-order valence-corrected chi connectivity index (χ0v) is 23.5. The van der Waals surface area contributed by atoms with Gasteiger partial charge in [-0.25, -0.2) is 0 Å². The van der Waals surface area contributed by atoms with E-state index in [-0.39, 0.29) is 27.6 Å². The molecule has 5 nitrogen and oxygen atoms in total. The van der Waals surface area contributed by atoms with Gasteiger partial charge in [0.25, 0.3) is 0 Å². The first-order valence-electron chi connectivity index (χ1n) is 14.5. The zero-order chi connectivity index (χ0) is 26.3. The van der Waals surface area contributed by atoms with Crippen molar-refractivity contribution in [1.29, 1.82) is 0 Å². The molecule has 11 atom stereocenters. The quantitative estimate of drug-likeness (QED) is 0.150. The van der Waals surface area contributed by atoms with Crippen molar-refractivity contribution in [3.63, 3.8) is 0 Å². The number of carbonyl (C=O) groups excluding carboxylic acids is 1. The number of carbonyl (C=O) groups is 1.